The fourth-order valence-corrected chi connectivity index (χ4v) is 2.75. The van der Waals surface area contributed by atoms with Crippen molar-refractivity contribution < 1.29 is 14.3 Å². The summed E-state index contributed by atoms with van der Waals surface area (Å²) in [5.74, 6) is 0.667. The van der Waals surface area contributed by atoms with Crippen LogP contribution >= 0.6 is 15.9 Å². The first-order valence-corrected chi connectivity index (χ1v) is 9.20. The molecule has 5 nitrogen and oxygen atoms in total. The van der Waals surface area contributed by atoms with E-state index in [9.17, 15) is 10.1 Å². The number of amides is 1. The lowest BCUT2D eigenvalue weighted by atomic mass is 10.1. The number of benzene rings is 2. The van der Waals surface area contributed by atoms with Crippen molar-refractivity contribution >= 4 is 27.9 Å². The van der Waals surface area contributed by atoms with Gasteiger partial charge in [-0.25, -0.2) is 0 Å². The number of rotatable bonds is 7. The van der Waals surface area contributed by atoms with Gasteiger partial charge >= 0.3 is 0 Å². The number of hydrogen-bond donors (Lipinski definition) is 1. The third-order valence-corrected chi connectivity index (χ3v) is 4.29. The maximum atomic E-state index is 12.1. The average molecular weight is 429 g/mol. The Morgan fingerprint density at radius 3 is 2.56 bits per heavy atom. The van der Waals surface area contributed by atoms with Gasteiger partial charge in [-0.1, -0.05) is 46.3 Å². The maximum absolute atomic E-state index is 12.1. The Hall–Kier alpha value is -2.78. The minimum atomic E-state index is -0.414. The van der Waals surface area contributed by atoms with Crippen LogP contribution in [-0.4, -0.2) is 19.1 Å². The summed E-state index contributed by atoms with van der Waals surface area (Å²) < 4.78 is 12.0. The molecule has 0 saturated carbocycles. The summed E-state index contributed by atoms with van der Waals surface area (Å²) in [5, 5.41) is 12.0. The van der Waals surface area contributed by atoms with E-state index in [-0.39, 0.29) is 11.6 Å². The highest BCUT2D eigenvalue weighted by atomic mass is 79.9. The number of carbonyl (C=O) groups is 1. The third kappa shape index (κ3) is 5.87. The summed E-state index contributed by atoms with van der Waals surface area (Å²) in [6.07, 6.45) is 1.52. The van der Waals surface area contributed by atoms with Crippen molar-refractivity contribution in [2.24, 2.45) is 0 Å². The van der Waals surface area contributed by atoms with Gasteiger partial charge in [0.05, 0.1) is 7.11 Å². The molecule has 0 aliphatic rings. The van der Waals surface area contributed by atoms with Crippen LogP contribution in [0.15, 0.2) is 52.5 Å². The van der Waals surface area contributed by atoms with Gasteiger partial charge in [-0.05, 0) is 43.2 Å². The van der Waals surface area contributed by atoms with E-state index in [0.717, 1.165) is 5.56 Å². The highest BCUT2D eigenvalue weighted by Crippen LogP contribution is 2.35. The summed E-state index contributed by atoms with van der Waals surface area (Å²) in [4.78, 5) is 12.1. The van der Waals surface area contributed by atoms with E-state index in [1.807, 2.05) is 50.2 Å². The van der Waals surface area contributed by atoms with Gasteiger partial charge in [0, 0.05) is 10.5 Å². The third-order valence-electron chi connectivity index (χ3n) is 3.60. The van der Waals surface area contributed by atoms with Crippen LogP contribution < -0.4 is 14.8 Å². The standard InChI is InChI=1S/C21H21BrN2O3/c1-14(2)24-21(25)17(12-23)9-16-10-19(26-3)20(11-18(16)22)27-13-15-7-5-4-6-8-15/h4-11,14H,13H2,1-3H3,(H,24,25)/b17-9-. The van der Waals surface area contributed by atoms with Crippen molar-refractivity contribution in [3.05, 3.63) is 63.6 Å². The molecule has 27 heavy (non-hydrogen) atoms. The van der Waals surface area contributed by atoms with E-state index >= 15 is 0 Å². The SMILES string of the molecule is COc1cc(/C=C(/C#N)C(=O)NC(C)C)c(Br)cc1OCc1ccccc1. The van der Waals surface area contributed by atoms with Gasteiger partial charge in [0.15, 0.2) is 11.5 Å². The molecule has 0 bridgehead atoms. The molecule has 2 rings (SSSR count). The van der Waals surface area contributed by atoms with Crippen LogP contribution in [0.3, 0.4) is 0 Å². The minimum absolute atomic E-state index is 0.0180. The molecule has 2 aromatic carbocycles. The topological polar surface area (TPSA) is 71.3 Å². The zero-order chi connectivity index (χ0) is 19.8. The molecule has 0 heterocycles. The Morgan fingerprint density at radius 2 is 1.96 bits per heavy atom. The molecule has 1 amide bonds. The van der Waals surface area contributed by atoms with E-state index in [1.54, 1.807) is 19.2 Å². The Balaban J connectivity index is 2.28. The first-order chi connectivity index (χ1) is 12.9. The fraction of sp³-hybridized carbons (Fsp3) is 0.238. The van der Waals surface area contributed by atoms with Crippen LogP contribution in [0.5, 0.6) is 11.5 Å². The van der Waals surface area contributed by atoms with E-state index in [1.165, 1.54) is 6.08 Å². The number of ether oxygens (including phenoxy) is 2. The number of hydrogen-bond acceptors (Lipinski definition) is 4. The molecule has 0 unspecified atom stereocenters. The highest BCUT2D eigenvalue weighted by molar-refractivity contribution is 9.10. The molecule has 0 spiro atoms. The minimum Gasteiger partial charge on any atom is -0.493 e. The zero-order valence-electron chi connectivity index (χ0n) is 15.5. The van der Waals surface area contributed by atoms with E-state index in [2.05, 4.69) is 21.2 Å². The highest BCUT2D eigenvalue weighted by Gasteiger charge is 2.14. The molecule has 1 N–H and O–H groups in total. The predicted octanol–water partition coefficient (Wildman–Crippen LogP) is 4.47. The number of nitrogens with zero attached hydrogens (tertiary/aromatic N) is 1. The van der Waals surface area contributed by atoms with Crippen molar-refractivity contribution in [1.82, 2.24) is 5.32 Å². The molecule has 140 valence electrons. The second-order valence-electron chi connectivity index (χ2n) is 6.10. The predicted molar refractivity (Wildman–Crippen MR) is 108 cm³/mol. The van der Waals surface area contributed by atoms with Crippen LogP contribution in [0.1, 0.15) is 25.0 Å². The van der Waals surface area contributed by atoms with Crippen molar-refractivity contribution in [1.29, 1.82) is 5.26 Å². The first kappa shape index (κ1) is 20.5. The number of nitrogens with one attached hydrogen (secondary N) is 1. The molecule has 0 fully saturated rings. The van der Waals surface area contributed by atoms with Crippen molar-refractivity contribution in [3.8, 4) is 17.6 Å². The molecule has 0 aromatic heterocycles. The second-order valence-corrected chi connectivity index (χ2v) is 6.95. The lowest BCUT2D eigenvalue weighted by Crippen LogP contribution is -2.30. The van der Waals surface area contributed by atoms with E-state index in [0.29, 0.717) is 28.1 Å². The maximum Gasteiger partial charge on any atom is 0.262 e. The number of nitriles is 1. The first-order valence-electron chi connectivity index (χ1n) is 8.41. The summed E-state index contributed by atoms with van der Waals surface area (Å²) in [7, 11) is 1.54. The van der Waals surface area contributed by atoms with Gasteiger partial charge in [-0.2, -0.15) is 5.26 Å². The zero-order valence-corrected chi connectivity index (χ0v) is 17.0. The fourth-order valence-electron chi connectivity index (χ4n) is 2.31. The average Bonchev–Trinajstić information content (AvgIpc) is 2.65. The Bertz CT molecular complexity index is 871. The van der Waals surface area contributed by atoms with Crippen LogP contribution in [-0.2, 0) is 11.4 Å². The van der Waals surface area contributed by atoms with Gasteiger partial charge in [-0.3, -0.25) is 4.79 Å². The summed E-state index contributed by atoms with van der Waals surface area (Å²) >= 11 is 3.47. The van der Waals surface area contributed by atoms with Crippen LogP contribution in [0.4, 0.5) is 0 Å². The normalized spacial score (nSPS) is 11.0. The van der Waals surface area contributed by atoms with Crippen molar-refractivity contribution in [3.63, 3.8) is 0 Å². The number of methoxy groups -OCH3 is 1. The molecular weight excluding hydrogens is 408 g/mol. The molecule has 0 aliphatic carbocycles. The second kappa shape index (κ2) is 9.79. The summed E-state index contributed by atoms with van der Waals surface area (Å²) in [5.41, 5.74) is 1.70. The molecule has 0 aliphatic heterocycles. The molecule has 6 heteroatoms. The molecule has 0 radical (unpaired) electrons. The van der Waals surface area contributed by atoms with Crippen LogP contribution in [0, 0.1) is 11.3 Å². The lowest BCUT2D eigenvalue weighted by Gasteiger charge is -2.13. The molecule has 0 atom stereocenters. The molecule has 2 aromatic rings. The van der Waals surface area contributed by atoms with Gasteiger partial charge in [0.25, 0.3) is 5.91 Å². The Morgan fingerprint density at radius 1 is 1.26 bits per heavy atom. The summed E-state index contributed by atoms with van der Waals surface area (Å²) in [6.45, 7) is 4.08. The van der Waals surface area contributed by atoms with Crippen LogP contribution in [0.25, 0.3) is 6.08 Å². The van der Waals surface area contributed by atoms with Gasteiger partial charge in [-0.15, -0.1) is 0 Å². The van der Waals surface area contributed by atoms with Crippen LogP contribution in [0.2, 0.25) is 0 Å². The van der Waals surface area contributed by atoms with Gasteiger partial charge < -0.3 is 14.8 Å². The smallest absolute Gasteiger partial charge is 0.262 e. The number of carbonyl (C=O) groups excluding carboxylic acids is 1. The van der Waals surface area contributed by atoms with Crippen molar-refractivity contribution in [2.45, 2.75) is 26.5 Å². The number of halogens is 1. The van der Waals surface area contributed by atoms with E-state index < -0.39 is 5.91 Å². The van der Waals surface area contributed by atoms with Crippen molar-refractivity contribution in [2.75, 3.05) is 7.11 Å². The lowest BCUT2D eigenvalue weighted by molar-refractivity contribution is -0.117. The molecular formula is C21H21BrN2O3. The molecule has 0 saturated heterocycles. The quantitative estimate of drug-likeness (QED) is 0.521. The monoisotopic (exact) mass is 428 g/mol. The van der Waals surface area contributed by atoms with Gasteiger partial charge in [0.2, 0.25) is 0 Å². The Kier molecular flexibility index (Phi) is 7.44. The summed E-state index contributed by atoms with van der Waals surface area (Å²) in [6, 6.07) is 15.2. The van der Waals surface area contributed by atoms with E-state index in [4.69, 9.17) is 9.47 Å². The Labute approximate surface area is 167 Å². The van der Waals surface area contributed by atoms with Gasteiger partial charge in [0.1, 0.15) is 18.2 Å². The largest absolute Gasteiger partial charge is 0.493 e.